The lowest BCUT2D eigenvalue weighted by atomic mass is 10.1. The number of carbonyl (C=O) groups is 1. The highest BCUT2D eigenvalue weighted by Crippen LogP contribution is 2.36. The molecule has 0 spiro atoms. The molecular weight excluding hydrogens is 358 g/mol. The fourth-order valence-corrected chi connectivity index (χ4v) is 2.90. The molecule has 0 aliphatic carbocycles. The molecule has 136 valence electrons. The fraction of sp³-hybridized carbons (Fsp3) is 0.211. The average Bonchev–Trinajstić information content (AvgIpc) is 3.02. The van der Waals surface area contributed by atoms with E-state index in [0.29, 0.717) is 33.4 Å². The van der Waals surface area contributed by atoms with Gasteiger partial charge < -0.3 is 23.9 Å². The molecule has 0 radical (unpaired) electrons. The van der Waals surface area contributed by atoms with Crippen LogP contribution in [0.25, 0.3) is 11.0 Å². The van der Waals surface area contributed by atoms with Crippen molar-refractivity contribution in [1.29, 1.82) is 0 Å². The Morgan fingerprint density at radius 3 is 2.50 bits per heavy atom. The van der Waals surface area contributed by atoms with Crippen LogP contribution in [0.15, 0.2) is 40.8 Å². The van der Waals surface area contributed by atoms with Crippen LogP contribution in [0.1, 0.15) is 16.1 Å². The van der Waals surface area contributed by atoms with Gasteiger partial charge in [0.1, 0.15) is 5.58 Å². The Balaban J connectivity index is 1.98. The highest BCUT2D eigenvalue weighted by molar-refractivity contribution is 6.34. The SMILES string of the molecule is COCc1c(C(=O)Nc2cc(OC)c(OC)cc2Cl)oc2ccccc12. The van der Waals surface area contributed by atoms with Crippen molar-refractivity contribution < 1.29 is 23.4 Å². The van der Waals surface area contributed by atoms with Gasteiger partial charge >= 0.3 is 0 Å². The Morgan fingerprint density at radius 2 is 1.81 bits per heavy atom. The monoisotopic (exact) mass is 375 g/mol. The Labute approximate surface area is 155 Å². The van der Waals surface area contributed by atoms with E-state index in [1.165, 1.54) is 14.2 Å². The summed E-state index contributed by atoms with van der Waals surface area (Å²) in [6, 6.07) is 10.6. The van der Waals surface area contributed by atoms with Crippen LogP contribution < -0.4 is 14.8 Å². The van der Waals surface area contributed by atoms with Crippen molar-refractivity contribution in [1.82, 2.24) is 0 Å². The number of hydrogen-bond donors (Lipinski definition) is 1. The lowest BCUT2D eigenvalue weighted by molar-refractivity contribution is 0.0992. The summed E-state index contributed by atoms with van der Waals surface area (Å²) in [6.07, 6.45) is 0. The molecule has 0 bridgehead atoms. The molecule has 1 aromatic heterocycles. The molecule has 0 saturated heterocycles. The maximum atomic E-state index is 12.8. The summed E-state index contributed by atoms with van der Waals surface area (Å²) in [6.45, 7) is 0.249. The largest absolute Gasteiger partial charge is 0.493 e. The van der Waals surface area contributed by atoms with Crippen LogP contribution in [0.4, 0.5) is 5.69 Å². The highest BCUT2D eigenvalue weighted by atomic mass is 35.5. The van der Waals surface area contributed by atoms with Crippen molar-refractivity contribution >= 4 is 34.2 Å². The van der Waals surface area contributed by atoms with Crippen LogP contribution in [0.5, 0.6) is 11.5 Å². The third-order valence-electron chi connectivity index (χ3n) is 3.91. The number of para-hydroxylation sites is 1. The van der Waals surface area contributed by atoms with Gasteiger partial charge in [-0.05, 0) is 6.07 Å². The van der Waals surface area contributed by atoms with Gasteiger partial charge in [-0.25, -0.2) is 0 Å². The second-order valence-corrected chi connectivity index (χ2v) is 5.89. The molecule has 1 amide bonds. The van der Waals surface area contributed by atoms with Gasteiger partial charge in [-0.1, -0.05) is 29.8 Å². The van der Waals surface area contributed by atoms with E-state index in [1.807, 2.05) is 18.2 Å². The third kappa shape index (κ3) is 3.34. The third-order valence-corrected chi connectivity index (χ3v) is 4.23. The molecule has 0 unspecified atom stereocenters. The Bertz CT molecular complexity index is 950. The van der Waals surface area contributed by atoms with Gasteiger partial charge in [-0.2, -0.15) is 0 Å². The van der Waals surface area contributed by atoms with Gasteiger partial charge in [-0.15, -0.1) is 0 Å². The normalized spacial score (nSPS) is 10.8. The number of halogens is 1. The number of furan rings is 1. The summed E-state index contributed by atoms with van der Waals surface area (Å²) < 4.78 is 21.4. The fourth-order valence-electron chi connectivity index (χ4n) is 2.70. The smallest absolute Gasteiger partial charge is 0.291 e. The van der Waals surface area contributed by atoms with Gasteiger partial charge in [0, 0.05) is 30.2 Å². The quantitative estimate of drug-likeness (QED) is 0.686. The first kappa shape index (κ1) is 18.1. The van der Waals surface area contributed by atoms with Crippen molar-refractivity contribution in [3.63, 3.8) is 0 Å². The molecule has 1 heterocycles. The molecule has 26 heavy (non-hydrogen) atoms. The van der Waals surface area contributed by atoms with E-state index < -0.39 is 5.91 Å². The first-order valence-electron chi connectivity index (χ1n) is 7.81. The number of rotatable bonds is 6. The molecule has 0 aliphatic rings. The molecule has 0 saturated carbocycles. The van der Waals surface area contributed by atoms with Gasteiger partial charge in [0.15, 0.2) is 17.3 Å². The second kappa shape index (κ2) is 7.68. The second-order valence-electron chi connectivity index (χ2n) is 5.48. The first-order chi connectivity index (χ1) is 12.6. The molecule has 0 aliphatic heterocycles. The zero-order valence-corrected chi connectivity index (χ0v) is 15.3. The van der Waals surface area contributed by atoms with Crippen molar-refractivity contribution in [2.24, 2.45) is 0 Å². The van der Waals surface area contributed by atoms with Crippen LogP contribution in [0.2, 0.25) is 5.02 Å². The molecule has 3 aromatic rings. The number of methoxy groups -OCH3 is 3. The summed E-state index contributed by atoms with van der Waals surface area (Å²) in [4.78, 5) is 12.8. The number of amides is 1. The van der Waals surface area contributed by atoms with Crippen LogP contribution in [-0.2, 0) is 11.3 Å². The molecule has 1 N–H and O–H groups in total. The van der Waals surface area contributed by atoms with Crippen molar-refractivity contribution in [2.45, 2.75) is 6.61 Å². The summed E-state index contributed by atoms with van der Waals surface area (Å²) in [7, 11) is 4.58. The minimum atomic E-state index is -0.428. The van der Waals surface area contributed by atoms with E-state index in [-0.39, 0.29) is 12.4 Å². The number of benzene rings is 2. The maximum absolute atomic E-state index is 12.8. The van der Waals surface area contributed by atoms with Crippen LogP contribution in [0, 0.1) is 0 Å². The minimum absolute atomic E-state index is 0.180. The molecule has 6 nitrogen and oxygen atoms in total. The minimum Gasteiger partial charge on any atom is -0.493 e. The predicted molar refractivity (Wildman–Crippen MR) is 99.4 cm³/mol. The van der Waals surface area contributed by atoms with E-state index in [9.17, 15) is 4.79 Å². The van der Waals surface area contributed by atoms with Crippen LogP contribution in [0.3, 0.4) is 0 Å². The number of nitrogens with one attached hydrogen (secondary N) is 1. The summed E-state index contributed by atoms with van der Waals surface area (Å²) in [5, 5.41) is 3.91. The summed E-state index contributed by atoms with van der Waals surface area (Å²) >= 11 is 6.24. The Hall–Kier alpha value is -2.70. The molecule has 7 heteroatoms. The van der Waals surface area contributed by atoms with E-state index in [0.717, 1.165) is 5.39 Å². The van der Waals surface area contributed by atoms with Crippen LogP contribution >= 0.6 is 11.6 Å². The number of ether oxygens (including phenoxy) is 3. The molecule has 0 fully saturated rings. The molecule has 3 rings (SSSR count). The Kier molecular flexibility index (Phi) is 5.35. The van der Waals surface area contributed by atoms with Gasteiger partial charge in [-0.3, -0.25) is 4.79 Å². The first-order valence-corrected chi connectivity index (χ1v) is 8.19. The summed E-state index contributed by atoms with van der Waals surface area (Å²) in [5.74, 6) is 0.675. The lowest BCUT2D eigenvalue weighted by Crippen LogP contribution is -2.13. The topological polar surface area (TPSA) is 69.9 Å². The number of carbonyl (C=O) groups excluding carboxylic acids is 1. The maximum Gasteiger partial charge on any atom is 0.291 e. The number of fused-ring (bicyclic) bond motifs is 1. The molecular formula is C19H18ClNO5. The van der Waals surface area contributed by atoms with Crippen molar-refractivity contribution in [3.8, 4) is 11.5 Å². The van der Waals surface area contributed by atoms with Crippen LogP contribution in [-0.4, -0.2) is 27.2 Å². The van der Waals surface area contributed by atoms with Crippen molar-refractivity contribution in [2.75, 3.05) is 26.6 Å². The van der Waals surface area contributed by atoms with E-state index in [2.05, 4.69) is 5.32 Å². The van der Waals surface area contributed by atoms with E-state index in [4.69, 9.17) is 30.2 Å². The lowest BCUT2D eigenvalue weighted by Gasteiger charge is -2.12. The molecule has 2 aromatic carbocycles. The predicted octanol–water partition coefficient (Wildman–Crippen LogP) is 4.50. The van der Waals surface area contributed by atoms with E-state index in [1.54, 1.807) is 25.3 Å². The zero-order valence-electron chi connectivity index (χ0n) is 14.6. The summed E-state index contributed by atoms with van der Waals surface area (Å²) in [5.41, 5.74) is 1.68. The number of anilines is 1. The average molecular weight is 376 g/mol. The molecule has 0 atom stereocenters. The van der Waals surface area contributed by atoms with Gasteiger partial charge in [0.05, 0.1) is 31.5 Å². The van der Waals surface area contributed by atoms with Gasteiger partial charge in [0.2, 0.25) is 0 Å². The van der Waals surface area contributed by atoms with Crippen molar-refractivity contribution in [3.05, 3.63) is 52.7 Å². The number of hydrogen-bond acceptors (Lipinski definition) is 5. The van der Waals surface area contributed by atoms with E-state index >= 15 is 0 Å². The standard InChI is InChI=1S/C19H18ClNO5/c1-23-10-12-11-6-4-5-7-15(11)26-18(12)19(22)21-14-9-17(25-3)16(24-2)8-13(14)20/h4-9H,10H2,1-3H3,(H,21,22). The highest BCUT2D eigenvalue weighted by Gasteiger charge is 2.22. The Morgan fingerprint density at radius 1 is 1.12 bits per heavy atom. The zero-order chi connectivity index (χ0) is 18.7. The van der Waals surface area contributed by atoms with Gasteiger partial charge in [0.25, 0.3) is 5.91 Å².